The van der Waals surface area contributed by atoms with E-state index in [1.54, 1.807) is 6.20 Å². The zero-order valence-corrected chi connectivity index (χ0v) is 13.5. The molecule has 0 unspecified atom stereocenters. The van der Waals surface area contributed by atoms with Gasteiger partial charge in [-0.15, -0.1) is 0 Å². The van der Waals surface area contributed by atoms with Gasteiger partial charge in [0.25, 0.3) is 0 Å². The summed E-state index contributed by atoms with van der Waals surface area (Å²) in [6, 6.07) is 15.7. The maximum Gasteiger partial charge on any atom is 0.134 e. The normalized spacial score (nSPS) is 10.8. The van der Waals surface area contributed by atoms with Gasteiger partial charge >= 0.3 is 0 Å². The van der Waals surface area contributed by atoms with E-state index in [1.807, 2.05) is 53.3 Å². The van der Waals surface area contributed by atoms with Gasteiger partial charge in [0.15, 0.2) is 0 Å². The molecule has 4 nitrogen and oxygen atoms in total. The summed E-state index contributed by atoms with van der Waals surface area (Å²) in [5.74, 6) is 0.287. The predicted molar refractivity (Wildman–Crippen MR) is 89.9 cm³/mol. The Balaban J connectivity index is 1.71. The van der Waals surface area contributed by atoms with Crippen molar-refractivity contribution in [2.24, 2.45) is 0 Å². The van der Waals surface area contributed by atoms with Crippen LogP contribution in [-0.2, 0) is 13.1 Å². The van der Waals surface area contributed by atoms with E-state index in [4.69, 9.17) is 0 Å². The molecule has 0 saturated heterocycles. The molecule has 0 spiro atoms. The quantitative estimate of drug-likeness (QED) is 0.732. The molecule has 0 atom stereocenters. The molecular weight excluding hydrogens is 342 g/mol. The van der Waals surface area contributed by atoms with Crippen molar-refractivity contribution in [3.8, 4) is 11.4 Å². The van der Waals surface area contributed by atoms with Crippen LogP contribution in [0.1, 0.15) is 11.1 Å². The van der Waals surface area contributed by atoms with Crippen molar-refractivity contribution in [3.05, 3.63) is 76.5 Å². The first-order valence-corrected chi connectivity index (χ1v) is 7.80. The predicted octanol–water partition coefficient (Wildman–Crippen LogP) is 3.63. The molecule has 2 N–H and O–H groups in total. The first-order chi connectivity index (χ1) is 10.8. The summed E-state index contributed by atoms with van der Waals surface area (Å²) in [4.78, 5) is 0. The molecule has 5 heteroatoms. The average molecular weight is 358 g/mol. The number of benzene rings is 2. The number of phenolic OH excluding ortho intramolecular Hbond substituents is 1. The van der Waals surface area contributed by atoms with E-state index in [2.05, 4.69) is 32.4 Å². The van der Waals surface area contributed by atoms with Crippen LogP contribution in [0, 0.1) is 0 Å². The molecule has 1 aromatic heterocycles. The van der Waals surface area contributed by atoms with Gasteiger partial charge in [-0.2, -0.15) is 5.10 Å². The number of hydrogen-bond acceptors (Lipinski definition) is 3. The Morgan fingerprint density at radius 3 is 2.59 bits per heavy atom. The molecule has 22 heavy (non-hydrogen) atoms. The average Bonchev–Trinajstić information content (AvgIpc) is 3.06. The molecular formula is C17H16BrN3O. The Bertz CT molecular complexity index is 756. The van der Waals surface area contributed by atoms with E-state index in [1.165, 1.54) is 0 Å². The highest BCUT2D eigenvalue weighted by Gasteiger charge is 2.06. The Labute approximate surface area is 137 Å². The van der Waals surface area contributed by atoms with E-state index >= 15 is 0 Å². The number of phenols is 1. The lowest BCUT2D eigenvalue weighted by Crippen LogP contribution is -2.14. The maximum absolute atomic E-state index is 10.00. The summed E-state index contributed by atoms with van der Waals surface area (Å²) >= 11 is 3.33. The first-order valence-electron chi connectivity index (χ1n) is 7.00. The van der Waals surface area contributed by atoms with Gasteiger partial charge in [0.2, 0.25) is 0 Å². The van der Waals surface area contributed by atoms with Crippen molar-refractivity contribution >= 4 is 15.9 Å². The fourth-order valence-corrected chi connectivity index (χ4v) is 2.74. The van der Waals surface area contributed by atoms with Crippen LogP contribution in [0.2, 0.25) is 0 Å². The van der Waals surface area contributed by atoms with Gasteiger partial charge in [-0.3, -0.25) is 0 Å². The van der Waals surface area contributed by atoms with Gasteiger partial charge in [-0.05, 0) is 39.7 Å². The molecule has 0 radical (unpaired) electrons. The lowest BCUT2D eigenvalue weighted by molar-refractivity contribution is 0.461. The number of aromatic hydroxyl groups is 1. The molecule has 3 rings (SSSR count). The summed E-state index contributed by atoms with van der Waals surface area (Å²) < 4.78 is 2.57. The van der Waals surface area contributed by atoms with Crippen molar-refractivity contribution in [2.45, 2.75) is 13.1 Å². The van der Waals surface area contributed by atoms with E-state index < -0.39 is 0 Å². The molecule has 0 fully saturated rings. The van der Waals surface area contributed by atoms with Gasteiger partial charge in [0, 0.05) is 31.0 Å². The molecule has 1 heterocycles. The molecule has 0 saturated carbocycles. The summed E-state index contributed by atoms with van der Waals surface area (Å²) in [5, 5.41) is 17.6. The fourth-order valence-electron chi connectivity index (χ4n) is 2.33. The molecule has 0 aliphatic carbocycles. The Hall–Kier alpha value is -2.11. The van der Waals surface area contributed by atoms with Crippen LogP contribution in [0.5, 0.6) is 5.75 Å². The zero-order valence-electron chi connectivity index (χ0n) is 11.9. The molecule has 0 aliphatic heterocycles. The Morgan fingerprint density at radius 2 is 1.77 bits per heavy atom. The van der Waals surface area contributed by atoms with Gasteiger partial charge in [0.1, 0.15) is 5.75 Å². The standard InChI is InChI=1S/C17H16BrN3O/c18-15-7-3-6-14(17(15)22)12-19-11-13-5-1-2-8-16(13)21-10-4-9-20-21/h1-10,19,22H,11-12H2. The molecule has 0 amide bonds. The number of halogens is 1. The molecule has 112 valence electrons. The monoisotopic (exact) mass is 357 g/mol. The second-order valence-electron chi connectivity index (χ2n) is 4.93. The zero-order chi connectivity index (χ0) is 15.4. The lowest BCUT2D eigenvalue weighted by Gasteiger charge is -2.11. The SMILES string of the molecule is Oc1c(Br)cccc1CNCc1ccccc1-n1cccn1. The third-order valence-corrected chi connectivity index (χ3v) is 4.08. The molecule has 0 bridgehead atoms. The van der Waals surface area contributed by atoms with Gasteiger partial charge in [0.05, 0.1) is 10.2 Å². The van der Waals surface area contributed by atoms with Crippen LogP contribution in [-0.4, -0.2) is 14.9 Å². The number of nitrogens with one attached hydrogen (secondary N) is 1. The van der Waals surface area contributed by atoms with Crippen molar-refractivity contribution in [3.63, 3.8) is 0 Å². The number of aromatic nitrogens is 2. The number of hydrogen-bond donors (Lipinski definition) is 2. The van der Waals surface area contributed by atoms with E-state index in [-0.39, 0.29) is 5.75 Å². The topological polar surface area (TPSA) is 50.1 Å². The van der Waals surface area contributed by atoms with E-state index in [9.17, 15) is 5.11 Å². The summed E-state index contributed by atoms with van der Waals surface area (Å²) in [5.41, 5.74) is 3.07. The van der Waals surface area contributed by atoms with Crippen LogP contribution in [0.3, 0.4) is 0 Å². The second kappa shape index (κ2) is 6.77. The first kappa shape index (κ1) is 14.8. The second-order valence-corrected chi connectivity index (χ2v) is 5.78. The summed E-state index contributed by atoms with van der Waals surface area (Å²) in [6.45, 7) is 1.29. The van der Waals surface area contributed by atoms with Crippen LogP contribution < -0.4 is 5.32 Å². The highest BCUT2D eigenvalue weighted by molar-refractivity contribution is 9.10. The highest BCUT2D eigenvalue weighted by atomic mass is 79.9. The van der Waals surface area contributed by atoms with E-state index in [0.717, 1.165) is 16.8 Å². The minimum atomic E-state index is 0.287. The van der Waals surface area contributed by atoms with Crippen LogP contribution >= 0.6 is 15.9 Å². The van der Waals surface area contributed by atoms with Crippen molar-refractivity contribution in [1.29, 1.82) is 0 Å². The minimum absolute atomic E-state index is 0.287. The van der Waals surface area contributed by atoms with Crippen molar-refractivity contribution < 1.29 is 5.11 Å². The Morgan fingerprint density at radius 1 is 1.00 bits per heavy atom. The molecule has 0 aliphatic rings. The van der Waals surface area contributed by atoms with Crippen molar-refractivity contribution in [1.82, 2.24) is 15.1 Å². The highest BCUT2D eigenvalue weighted by Crippen LogP contribution is 2.27. The smallest absolute Gasteiger partial charge is 0.134 e. The minimum Gasteiger partial charge on any atom is -0.506 e. The van der Waals surface area contributed by atoms with Gasteiger partial charge in [-0.1, -0.05) is 30.3 Å². The Kier molecular flexibility index (Phi) is 4.56. The largest absolute Gasteiger partial charge is 0.506 e. The van der Waals surface area contributed by atoms with Gasteiger partial charge < -0.3 is 10.4 Å². The van der Waals surface area contributed by atoms with Crippen LogP contribution in [0.15, 0.2) is 65.4 Å². The number of rotatable bonds is 5. The molecule has 3 aromatic rings. The van der Waals surface area contributed by atoms with E-state index in [0.29, 0.717) is 17.6 Å². The third kappa shape index (κ3) is 3.21. The third-order valence-electron chi connectivity index (χ3n) is 3.44. The lowest BCUT2D eigenvalue weighted by atomic mass is 10.1. The maximum atomic E-state index is 10.00. The summed E-state index contributed by atoms with van der Waals surface area (Å²) in [6.07, 6.45) is 3.70. The fraction of sp³-hybridized carbons (Fsp3) is 0.118. The van der Waals surface area contributed by atoms with Crippen LogP contribution in [0.4, 0.5) is 0 Å². The number of para-hydroxylation sites is 2. The number of nitrogens with zero attached hydrogens (tertiary/aromatic N) is 2. The van der Waals surface area contributed by atoms with Gasteiger partial charge in [-0.25, -0.2) is 4.68 Å². The van der Waals surface area contributed by atoms with Crippen LogP contribution in [0.25, 0.3) is 5.69 Å². The van der Waals surface area contributed by atoms with Crippen molar-refractivity contribution in [2.75, 3.05) is 0 Å². The summed E-state index contributed by atoms with van der Waals surface area (Å²) in [7, 11) is 0. The molecule has 2 aromatic carbocycles.